The zero-order chi connectivity index (χ0) is 21.4. The molecule has 0 unspecified atom stereocenters. The van der Waals surface area contributed by atoms with Gasteiger partial charge in [0.2, 0.25) is 0 Å². The third-order valence-corrected chi connectivity index (χ3v) is 5.04. The molecule has 3 heteroatoms. The van der Waals surface area contributed by atoms with E-state index >= 15 is 0 Å². The maximum atomic E-state index is 14.4. The first kappa shape index (κ1) is 22.7. The van der Waals surface area contributed by atoms with Crippen LogP contribution in [0.1, 0.15) is 55.9 Å². The fraction of sp³-hybridized carbons (Fsp3) is 0.308. The fourth-order valence-electron chi connectivity index (χ4n) is 3.25. The number of benzene rings is 2. The maximum absolute atomic E-state index is 14.4. The summed E-state index contributed by atoms with van der Waals surface area (Å²) < 4.78 is 42.7. The van der Waals surface area contributed by atoms with E-state index in [9.17, 15) is 13.2 Å². The minimum absolute atomic E-state index is 0.185. The summed E-state index contributed by atoms with van der Waals surface area (Å²) in [4.78, 5) is 0. The molecule has 29 heavy (non-hydrogen) atoms. The van der Waals surface area contributed by atoms with Crippen LogP contribution in [0.5, 0.6) is 0 Å². The van der Waals surface area contributed by atoms with Crippen molar-refractivity contribution in [1.82, 2.24) is 0 Å². The van der Waals surface area contributed by atoms with Crippen molar-refractivity contribution in [2.45, 2.75) is 52.9 Å². The van der Waals surface area contributed by atoms with Crippen LogP contribution in [0.4, 0.5) is 13.2 Å². The van der Waals surface area contributed by atoms with Gasteiger partial charge in [-0.1, -0.05) is 74.9 Å². The summed E-state index contributed by atoms with van der Waals surface area (Å²) in [5.41, 5.74) is 3.64. The number of hydrogen-bond donors (Lipinski definition) is 0. The first-order chi connectivity index (χ1) is 13.9. The third-order valence-electron chi connectivity index (χ3n) is 5.04. The Kier molecular flexibility index (Phi) is 8.50. The highest BCUT2D eigenvalue weighted by Gasteiger charge is 2.14. The zero-order valence-electron chi connectivity index (χ0n) is 17.5. The van der Waals surface area contributed by atoms with Gasteiger partial charge in [-0.25, -0.2) is 13.2 Å². The second kappa shape index (κ2) is 10.8. The van der Waals surface area contributed by atoms with Crippen LogP contribution in [0, 0.1) is 17.5 Å². The topological polar surface area (TPSA) is 0 Å². The lowest BCUT2D eigenvalue weighted by Gasteiger charge is -2.09. The summed E-state index contributed by atoms with van der Waals surface area (Å²) in [6, 6.07) is 8.63. The number of halogens is 3. The Bertz CT molecular complexity index is 920. The van der Waals surface area contributed by atoms with Gasteiger partial charge in [-0.15, -0.1) is 0 Å². The predicted octanol–water partition coefficient (Wildman–Crippen LogP) is 7.77. The molecule has 2 rings (SSSR count). The molecule has 0 saturated heterocycles. The van der Waals surface area contributed by atoms with Crippen LogP contribution in [-0.2, 0) is 19.3 Å². The van der Waals surface area contributed by atoms with Gasteiger partial charge in [0.1, 0.15) is 5.82 Å². The molecular weight excluding hydrogens is 369 g/mol. The number of aryl methyl sites for hydroxylation is 3. The largest absolute Gasteiger partial charge is 0.207 e. The van der Waals surface area contributed by atoms with Crippen LogP contribution in [0.3, 0.4) is 0 Å². The summed E-state index contributed by atoms with van der Waals surface area (Å²) in [7, 11) is 0. The molecule has 0 nitrogen and oxygen atoms in total. The van der Waals surface area contributed by atoms with Crippen molar-refractivity contribution in [2.75, 3.05) is 0 Å². The van der Waals surface area contributed by atoms with E-state index in [0.717, 1.165) is 24.0 Å². The van der Waals surface area contributed by atoms with E-state index in [4.69, 9.17) is 0 Å². The highest BCUT2D eigenvalue weighted by molar-refractivity contribution is 5.74. The van der Waals surface area contributed by atoms with Crippen LogP contribution in [0.15, 0.2) is 60.7 Å². The molecule has 154 valence electrons. The van der Waals surface area contributed by atoms with Crippen molar-refractivity contribution in [3.8, 4) is 0 Å². The molecule has 0 aliphatic rings. The second-order valence-electron chi connectivity index (χ2n) is 7.17. The molecule has 0 heterocycles. The van der Waals surface area contributed by atoms with Crippen molar-refractivity contribution in [1.29, 1.82) is 0 Å². The lowest BCUT2D eigenvalue weighted by atomic mass is 9.99. The van der Waals surface area contributed by atoms with E-state index in [-0.39, 0.29) is 11.4 Å². The van der Waals surface area contributed by atoms with Gasteiger partial charge in [0.05, 0.1) is 0 Å². The molecule has 0 amide bonds. The van der Waals surface area contributed by atoms with Gasteiger partial charge in [0, 0.05) is 5.56 Å². The van der Waals surface area contributed by atoms with Gasteiger partial charge >= 0.3 is 0 Å². The van der Waals surface area contributed by atoms with Crippen LogP contribution >= 0.6 is 0 Å². The fourth-order valence-corrected chi connectivity index (χ4v) is 3.25. The number of hydrogen-bond acceptors (Lipinski definition) is 0. The summed E-state index contributed by atoms with van der Waals surface area (Å²) in [5.74, 6) is -1.81. The summed E-state index contributed by atoms with van der Waals surface area (Å²) in [6.07, 6.45) is 8.67. The van der Waals surface area contributed by atoms with Crippen LogP contribution in [-0.4, -0.2) is 0 Å². The van der Waals surface area contributed by atoms with Crippen molar-refractivity contribution in [3.05, 3.63) is 100 Å². The van der Waals surface area contributed by atoms with Crippen LogP contribution in [0.2, 0.25) is 0 Å². The molecule has 0 saturated carbocycles. The molecule has 0 aliphatic heterocycles. The summed E-state index contributed by atoms with van der Waals surface area (Å²) in [6.45, 7) is 9.65. The number of allylic oxidation sites excluding steroid dienone is 5. The monoisotopic (exact) mass is 398 g/mol. The third kappa shape index (κ3) is 5.96. The molecule has 0 N–H and O–H groups in total. The highest BCUT2D eigenvalue weighted by Crippen LogP contribution is 2.25. The predicted molar refractivity (Wildman–Crippen MR) is 116 cm³/mol. The lowest BCUT2D eigenvalue weighted by Crippen LogP contribution is -1.98. The Balaban J connectivity index is 2.05. The van der Waals surface area contributed by atoms with E-state index in [1.165, 1.54) is 0 Å². The van der Waals surface area contributed by atoms with Crippen molar-refractivity contribution in [3.63, 3.8) is 0 Å². The zero-order valence-corrected chi connectivity index (χ0v) is 17.5. The summed E-state index contributed by atoms with van der Waals surface area (Å²) in [5, 5.41) is 0. The Morgan fingerprint density at radius 1 is 0.931 bits per heavy atom. The van der Waals surface area contributed by atoms with E-state index in [0.29, 0.717) is 36.0 Å². The van der Waals surface area contributed by atoms with Crippen LogP contribution < -0.4 is 0 Å². The van der Waals surface area contributed by atoms with Crippen molar-refractivity contribution < 1.29 is 13.2 Å². The van der Waals surface area contributed by atoms with Gasteiger partial charge in [-0.05, 0) is 60.9 Å². The smallest absolute Gasteiger partial charge is 0.166 e. The SMILES string of the molecule is C=C(/C=C\C(=C/C)c1ccc(CC)c(F)c1F)CCc1ccc(CCC)cc1F. The first-order valence-corrected chi connectivity index (χ1v) is 10.2. The lowest BCUT2D eigenvalue weighted by molar-refractivity contribution is 0.498. The average Bonchev–Trinajstić information content (AvgIpc) is 2.71. The molecule has 0 radical (unpaired) electrons. The van der Waals surface area contributed by atoms with Crippen molar-refractivity contribution in [2.24, 2.45) is 0 Å². The molecular formula is C26H29F3. The van der Waals surface area contributed by atoms with Gasteiger partial charge in [0.15, 0.2) is 11.6 Å². The van der Waals surface area contributed by atoms with E-state index in [1.807, 2.05) is 12.1 Å². The Hall–Kier alpha value is -2.55. The minimum Gasteiger partial charge on any atom is -0.207 e. The maximum Gasteiger partial charge on any atom is 0.166 e. The first-order valence-electron chi connectivity index (χ1n) is 10.2. The quantitative estimate of drug-likeness (QED) is 0.379. The second-order valence-corrected chi connectivity index (χ2v) is 7.17. The summed E-state index contributed by atoms with van der Waals surface area (Å²) >= 11 is 0. The molecule has 0 aromatic heterocycles. The van der Waals surface area contributed by atoms with Gasteiger partial charge in [-0.3, -0.25) is 0 Å². The standard InChI is InChI=1S/C26H29F3/c1-5-8-19-11-14-22(24(27)17-19)13-10-18(4)9-12-20(6-2)23-16-15-21(7-3)25(28)26(23)29/h6,9,11-12,14-17H,4-5,7-8,10,13H2,1-3H3/b12-9-,20-6+. The Morgan fingerprint density at radius 2 is 1.66 bits per heavy atom. The minimum atomic E-state index is -0.832. The molecule has 2 aromatic rings. The van der Waals surface area contributed by atoms with Crippen LogP contribution in [0.25, 0.3) is 5.57 Å². The average molecular weight is 399 g/mol. The van der Waals surface area contributed by atoms with Crippen molar-refractivity contribution >= 4 is 5.57 Å². The molecule has 0 atom stereocenters. The molecule has 0 spiro atoms. The Morgan fingerprint density at radius 3 is 2.28 bits per heavy atom. The van der Waals surface area contributed by atoms with Gasteiger partial charge < -0.3 is 0 Å². The normalized spacial score (nSPS) is 12.0. The molecule has 0 aliphatic carbocycles. The molecule has 0 fully saturated rings. The van der Waals surface area contributed by atoms with Gasteiger partial charge in [0.25, 0.3) is 0 Å². The Labute approximate surface area is 172 Å². The molecule has 2 aromatic carbocycles. The highest BCUT2D eigenvalue weighted by atomic mass is 19.2. The van der Waals surface area contributed by atoms with Gasteiger partial charge in [-0.2, -0.15) is 0 Å². The van der Waals surface area contributed by atoms with E-state index < -0.39 is 11.6 Å². The molecule has 0 bridgehead atoms. The van der Waals surface area contributed by atoms with E-state index in [2.05, 4.69) is 13.5 Å². The van der Waals surface area contributed by atoms with E-state index in [1.54, 1.807) is 50.3 Å². The number of rotatable bonds is 9.